The number of aliphatic imine (C=N–C) groups is 1. The Morgan fingerprint density at radius 2 is 2.27 bits per heavy atom. The van der Waals surface area contributed by atoms with E-state index in [9.17, 15) is 9.90 Å². The second-order valence-electron chi connectivity index (χ2n) is 3.01. The van der Waals surface area contributed by atoms with Gasteiger partial charge in [0.2, 0.25) is 0 Å². The molecule has 2 aliphatic rings. The lowest BCUT2D eigenvalue weighted by Crippen LogP contribution is -2.41. The molecule has 2 rings (SSSR count). The molecule has 2 heterocycles. The van der Waals surface area contributed by atoms with E-state index in [-0.39, 0.29) is 5.57 Å². The second kappa shape index (κ2) is 3.52. The van der Waals surface area contributed by atoms with E-state index >= 15 is 0 Å². The van der Waals surface area contributed by atoms with Crippen molar-refractivity contribution >= 4 is 23.4 Å². The molecule has 0 amide bonds. The monoisotopic (exact) mass is 226 g/mol. The first-order valence-electron chi connectivity index (χ1n) is 4.12. The number of carboxylic acids is 1. The third kappa shape index (κ3) is 1.67. The van der Waals surface area contributed by atoms with Crippen LogP contribution in [0.5, 0.6) is 0 Å². The molecule has 5 nitrogen and oxygen atoms in total. The number of carboxylic acid groups (broad SMARTS) is 1. The van der Waals surface area contributed by atoms with E-state index in [1.807, 2.05) is 0 Å². The summed E-state index contributed by atoms with van der Waals surface area (Å²) in [6, 6.07) is 0. The number of nitrogens with zero attached hydrogens (tertiary/aromatic N) is 2. The van der Waals surface area contributed by atoms with E-state index in [0.717, 1.165) is 6.20 Å². The average Bonchev–Trinajstić information content (AvgIpc) is 2.19. The Hall–Kier alpha value is -1.59. The molecule has 2 aliphatic heterocycles. The van der Waals surface area contributed by atoms with Gasteiger partial charge in [-0.3, -0.25) is 0 Å². The van der Waals surface area contributed by atoms with Crippen LogP contribution in [-0.4, -0.2) is 33.1 Å². The third-order valence-corrected chi connectivity index (χ3v) is 2.27. The highest BCUT2D eigenvalue weighted by Crippen LogP contribution is 2.22. The maximum Gasteiger partial charge on any atom is 0.337 e. The van der Waals surface area contributed by atoms with Gasteiger partial charge in [0.15, 0.2) is 6.23 Å². The summed E-state index contributed by atoms with van der Waals surface area (Å²) in [6.07, 6.45) is 4.52. The van der Waals surface area contributed by atoms with E-state index in [2.05, 4.69) is 4.99 Å². The van der Waals surface area contributed by atoms with E-state index < -0.39 is 12.2 Å². The van der Waals surface area contributed by atoms with Gasteiger partial charge in [-0.25, -0.2) is 9.79 Å². The maximum absolute atomic E-state index is 10.7. The highest BCUT2D eigenvalue weighted by molar-refractivity contribution is 6.32. The van der Waals surface area contributed by atoms with Crippen molar-refractivity contribution in [1.29, 1.82) is 0 Å². The number of halogens is 1. The van der Waals surface area contributed by atoms with Crippen LogP contribution in [0.4, 0.5) is 0 Å². The zero-order valence-corrected chi connectivity index (χ0v) is 8.22. The molecule has 1 unspecified atom stereocenters. The highest BCUT2D eigenvalue weighted by atomic mass is 35.5. The average molecular weight is 227 g/mol. The number of amidine groups is 1. The summed E-state index contributed by atoms with van der Waals surface area (Å²) in [5.41, 5.74) is -0.185. The molecule has 0 bridgehead atoms. The summed E-state index contributed by atoms with van der Waals surface area (Å²) in [5.74, 6) is -0.749. The fourth-order valence-corrected chi connectivity index (χ4v) is 1.47. The molecule has 0 fully saturated rings. The number of carbonyl (C=O) groups is 1. The van der Waals surface area contributed by atoms with Crippen molar-refractivity contribution in [3.05, 3.63) is 35.2 Å². The Labute approximate surface area is 90.3 Å². The number of fused-ring (bicyclic) bond motifs is 1. The van der Waals surface area contributed by atoms with Gasteiger partial charge in [-0.2, -0.15) is 0 Å². The maximum atomic E-state index is 10.7. The summed E-state index contributed by atoms with van der Waals surface area (Å²) in [6.45, 7) is 0. The predicted molar refractivity (Wildman–Crippen MR) is 54.1 cm³/mol. The van der Waals surface area contributed by atoms with Crippen LogP contribution in [0.25, 0.3) is 0 Å². The summed E-state index contributed by atoms with van der Waals surface area (Å²) < 4.78 is 0. The summed E-state index contributed by atoms with van der Waals surface area (Å²) >= 11 is 5.73. The minimum atomic E-state index is -1.26. The molecule has 0 aromatic heterocycles. The summed E-state index contributed by atoms with van der Waals surface area (Å²) in [7, 11) is 0. The van der Waals surface area contributed by atoms with Crippen molar-refractivity contribution < 1.29 is 15.0 Å². The Morgan fingerprint density at radius 1 is 1.53 bits per heavy atom. The molecular weight excluding hydrogens is 220 g/mol. The van der Waals surface area contributed by atoms with Crippen LogP contribution in [0.3, 0.4) is 0 Å². The van der Waals surface area contributed by atoms with Crippen LogP contribution >= 0.6 is 11.6 Å². The molecule has 1 atom stereocenters. The van der Waals surface area contributed by atoms with Gasteiger partial charge in [0.05, 0.1) is 5.03 Å². The Morgan fingerprint density at radius 3 is 2.93 bits per heavy atom. The number of hydrogen-bond donors (Lipinski definition) is 2. The molecule has 0 aromatic carbocycles. The quantitative estimate of drug-likeness (QED) is 0.688. The zero-order valence-electron chi connectivity index (χ0n) is 7.46. The smallest absolute Gasteiger partial charge is 0.337 e. The first-order valence-corrected chi connectivity index (χ1v) is 4.50. The first-order chi connectivity index (χ1) is 7.09. The lowest BCUT2D eigenvalue weighted by atomic mass is 10.2. The van der Waals surface area contributed by atoms with Crippen LogP contribution in [0.1, 0.15) is 0 Å². The molecule has 6 heteroatoms. The fraction of sp³-hybridized carbons (Fsp3) is 0.111. The standard InChI is InChI=1S/C9H7ClN2O3/c10-5-1-2-7-11-3-6(9(14)15)8(13)12(7)4-5/h1-4,8,13H,(H,14,15). The largest absolute Gasteiger partial charge is 0.478 e. The number of allylic oxidation sites excluding steroid dienone is 2. The van der Waals surface area contributed by atoms with Crippen molar-refractivity contribution in [2.75, 3.05) is 0 Å². The molecule has 0 spiro atoms. The van der Waals surface area contributed by atoms with Gasteiger partial charge in [-0.05, 0) is 12.2 Å². The first kappa shape index (κ1) is 9.95. The summed E-state index contributed by atoms with van der Waals surface area (Å²) in [5, 5.41) is 18.9. The number of aliphatic hydroxyl groups is 1. The molecular formula is C9H7ClN2O3. The van der Waals surface area contributed by atoms with E-state index in [1.54, 1.807) is 12.2 Å². The molecule has 0 aromatic rings. The van der Waals surface area contributed by atoms with Crippen LogP contribution < -0.4 is 0 Å². The number of rotatable bonds is 1. The molecule has 0 saturated heterocycles. The van der Waals surface area contributed by atoms with Crippen molar-refractivity contribution in [3.8, 4) is 0 Å². The van der Waals surface area contributed by atoms with Gasteiger partial charge in [0.1, 0.15) is 11.4 Å². The SMILES string of the molecule is O=C(O)C1=CN=C2C=CC(Cl)=CN2C1O. The Bertz CT molecular complexity index is 437. The Balaban J connectivity index is 2.40. The minimum Gasteiger partial charge on any atom is -0.478 e. The van der Waals surface area contributed by atoms with Crippen molar-refractivity contribution in [2.24, 2.45) is 4.99 Å². The third-order valence-electron chi connectivity index (χ3n) is 2.04. The van der Waals surface area contributed by atoms with Crippen LogP contribution in [0.2, 0.25) is 0 Å². The molecule has 0 aliphatic carbocycles. The lowest BCUT2D eigenvalue weighted by Gasteiger charge is -2.30. The van der Waals surface area contributed by atoms with Gasteiger partial charge in [-0.1, -0.05) is 11.6 Å². The van der Waals surface area contributed by atoms with Gasteiger partial charge >= 0.3 is 5.97 Å². The molecule has 2 N–H and O–H groups in total. The lowest BCUT2D eigenvalue weighted by molar-refractivity contribution is -0.134. The van der Waals surface area contributed by atoms with Crippen molar-refractivity contribution in [1.82, 2.24) is 4.90 Å². The Kier molecular flexibility index (Phi) is 2.34. The number of hydrogen-bond acceptors (Lipinski definition) is 4. The van der Waals surface area contributed by atoms with Gasteiger partial charge in [-0.15, -0.1) is 0 Å². The van der Waals surface area contributed by atoms with E-state index in [1.165, 1.54) is 11.1 Å². The van der Waals surface area contributed by atoms with E-state index in [4.69, 9.17) is 16.7 Å². The van der Waals surface area contributed by atoms with Crippen molar-refractivity contribution in [2.45, 2.75) is 6.23 Å². The fourth-order valence-electron chi connectivity index (χ4n) is 1.31. The van der Waals surface area contributed by atoms with Crippen molar-refractivity contribution in [3.63, 3.8) is 0 Å². The van der Waals surface area contributed by atoms with Gasteiger partial charge < -0.3 is 15.1 Å². The molecule has 0 saturated carbocycles. The zero-order chi connectivity index (χ0) is 11.0. The number of aliphatic hydroxyl groups excluding tert-OH is 1. The van der Waals surface area contributed by atoms with Crippen LogP contribution in [-0.2, 0) is 4.79 Å². The minimum absolute atomic E-state index is 0.185. The van der Waals surface area contributed by atoms with Crippen LogP contribution in [0.15, 0.2) is 40.1 Å². The number of aliphatic carboxylic acids is 1. The molecule has 15 heavy (non-hydrogen) atoms. The van der Waals surface area contributed by atoms with Crippen LogP contribution in [0, 0.1) is 0 Å². The second-order valence-corrected chi connectivity index (χ2v) is 3.44. The topological polar surface area (TPSA) is 73.1 Å². The highest BCUT2D eigenvalue weighted by Gasteiger charge is 2.29. The van der Waals surface area contributed by atoms with Gasteiger partial charge in [0.25, 0.3) is 0 Å². The van der Waals surface area contributed by atoms with E-state index in [0.29, 0.717) is 10.9 Å². The predicted octanol–water partition coefficient (Wildman–Crippen LogP) is 0.637. The molecule has 0 radical (unpaired) electrons. The summed E-state index contributed by atoms with van der Waals surface area (Å²) in [4.78, 5) is 15.9. The van der Waals surface area contributed by atoms with Gasteiger partial charge in [0, 0.05) is 12.4 Å². The molecule has 78 valence electrons. The normalized spacial score (nSPS) is 24.0.